The van der Waals surface area contributed by atoms with Crippen LogP contribution in [0.4, 0.5) is 5.69 Å². The Hall–Kier alpha value is -2.90. The van der Waals surface area contributed by atoms with E-state index in [-0.39, 0.29) is 50.1 Å². The summed E-state index contributed by atoms with van der Waals surface area (Å²) < 4.78 is 21.4. The minimum absolute atomic E-state index is 0.139. The number of benzene rings is 1. The van der Waals surface area contributed by atoms with Gasteiger partial charge >= 0.3 is 0 Å². The molecule has 0 aliphatic carbocycles. The lowest BCUT2D eigenvalue weighted by molar-refractivity contribution is -0.137. The summed E-state index contributed by atoms with van der Waals surface area (Å²) in [4.78, 5) is 50.4. The molecule has 2 aliphatic heterocycles. The van der Waals surface area contributed by atoms with E-state index in [1.165, 1.54) is 4.90 Å². The molecule has 36 heavy (non-hydrogen) atoms. The van der Waals surface area contributed by atoms with E-state index in [1.807, 2.05) is 0 Å². The monoisotopic (exact) mass is 506 g/mol. The van der Waals surface area contributed by atoms with Gasteiger partial charge in [0.15, 0.2) is 0 Å². The minimum Gasteiger partial charge on any atom is -0.379 e. The Bertz CT molecular complexity index is 925. The third kappa shape index (κ3) is 8.07. The average molecular weight is 507 g/mol. The summed E-state index contributed by atoms with van der Waals surface area (Å²) in [5.41, 5.74) is 6.94. The third-order valence-electron chi connectivity index (χ3n) is 5.71. The van der Waals surface area contributed by atoms with Gasteiger partial charge in [-0.25, -0.2) is 0 Å². The van der Waals surface area contributed by atoms with E-state index < -0.39 is 11.9 Å². The van der Waals surface area contributed by atoms with Crippen LogP contribution in [-0.4, -0.2) is 94.0 Å². The molecule has 2 aliphatic rings. The molecule has 1 fully saturated rings. The van der Waals surface area contributed by atoms with E-state index in [1.54, 1.807) is 18.2 Å². The summed E-state index contributed by atoms with van der Waals surface area (Å²) in [5.74, 6) is -1.35. The second kappa shape index (κ2) is 14.6. The number of carbonyl (C=O) groups is 4. The largest absolute Gasteiger partial charge is 0.379 e. The SMILES string of the molecule is NCCOCCOCCOCCOCCC(=O)Nc1cccc2c1CN(C1CCC(=O)NC1=O)C2=O. The third-order valence-corrected chi connectivity index (χ3v) is 5.71. The summed E-state index contributed by atoms with van der Waals surface area (Å²) in [5, 5.41) is 5.11. The molecule has 1 aromatic carbocycles. The molecule has 1 aromatic rings. The molecule has 4 N–H and O–H groups in total. The van der Waals surface area contributed by atoms with Crippen LogP contribution >= 0.6 is 0 Å². The van der Waals surface area contributed by atoms with Crippen LogP contribution in [0.3, 0.4) is 0 Å². The quantitative estimate of drug-likeness (QED) is 0.204. The molecule has 12 nitrogen and oxygen atoms in total. The number of imide groups is 1. The first kappa shape index (κ1) is 27.7. The lowest BCUT2D eigenvalue weighted by atomic mass is 10.0. The molecule has 1 saturated heterocycles. The zero-order valence-electron chi connectivity index (χ0n) is 20.3. The van der Waals surface area contributed by atoms with Crippen LogP contribution in [0, 0.1) is 0 Å². The summed E-state index contributed by atoms with van der Waals surface area (Å²) in [6.45, 7) is 4.05. The molecule has 0 bridgehead atoms. The molecule has 3 rings (SSSR count). The predicted octanol–water partition coefficient (Wildman–Crippen LogP) is -0.199. The first-order valence-corrected chi connectivity index (χ1v) is 12.1. The van der Waals surface area contributed by atoms with E-state index in [0.717, 1.165) is 0 Å². The topological polar surface area (TPSA) is 159 Å². The second-order valence-corrected chi connectivity index (χ2v) is 8.27. The molecule has 0 saturated carbocycles. The maximum atomic E-state index is 12.9. The molecular formula is C24H34N4O8. The van der Waals surface area contributed by atoms with Gasteiger partial charge in [0, 0.05) is 36.3 Å². The van der Waals surface area contributed by atoms with Crippen molar-refractivity contribution in [2.24, 2.45) is 5.73 Å². The Labute approximate surface area is 209 Å². The van der Waals surface area contributed by atoms with Crippen LogP contribution in [0.25, 0.3) is 0 Å². The van der Waals surface area contributed by atoms with Gasteiger partial charge < -0.3 is 34.9 Å². The minimum atomic E-state index is -0.705. The fourth-order valence-corrected chi connectivity index (χ4v) is 3.93. The number of amides is 4. The van der Waals surface area contributed by atoms with E-state index in [4.69, 9.17) is 24.7 Å². The Morgan fingerprint density at radius 2 is 1.61 bits per heavy atom. The van der Waals surface area contributed by atoms with Crippen LogP contribution in [0.15, 0.2) is 18.2 Å². The number of nitrogens with two attached hydrogens (primary N) is 1. The first-order valence-electron chi connectivity index (χ1n) is 12.1. The number of nitrogens with zero attached hydrogens (tertiary/aromatic N) is 1. The van der Waals surface area contributed by atoms with Crippen LogP contribution in [0.1, 0.15) is 35.2 Å². The van der Waals surface area contributed by atoms with E-state index in [2.05, 4.69) is 10.6 Å². The van der Waals surface area contributed by atoms with Gasteiger partial charge in [-0.3, -0.25) is 24.5 Å². The Kier molecular flexibility index (Phi) is 11.2. The lowest BCUT2D eigenvalue weighted by Gasteiger charge is -2.29. The Morgan fingerprint density at radius 1 is 0.972 bits per heavy atom. The van der Waals surface area contributed by atoms with E-state index >= 15 is 0 Å². The number of nitrogens with one attached hydrogen (secondary N) is 2. The molecule has 198 valence electrons. The normalized spacial score (nSPS) is 17.3. The van der Waals surface area contributed by atoms with Crippen molar-refractivity contribution < 1.29 is 38.1 Å². The molecule has 0 aromatic heterocycles. The predicted molar refractivity (Wildman–Crippen MR) is 128 cm³/mol. The van der Waals surface area contributed by atoms with Crippen LogP contribution in [0.5, 0.6) is 0 Å². The standard InChI is InChI=1S/C24H34N4O8/c25-7-9-34-11-13-36-15-14-35-12-10-33-8-6-22(30)26-19-3-1-2-17-18(19)16-28(24(17)32)20-4-5-21(29)27-23(20)31/h1-3,20H,4-16,25H2,(H,26,30)(H,27,29,31). The molecular weight excluding hydrogens is 472 g/mol. The number of carbonyl (C=O) groups excluding carboxylic acids is 4. The van der Waals surface area contributed by atoms with Gasteiger partial charge in [-0.1, -0.05) is 6.07 Å². The highest BCUT2D eigenvalue weighted by atomic mass is 16.6. The van der Waals surface area contributed by atoms with Crippen molar-refractivity contribution in [1.82, 2.24) is 10.2 Å². The smallest absolute Gasteiger partial charge is 0.255 e. The van der Waals surface area contributed by atoms with Gasteiger partial charge in [0.1, 0.15) is 6.04 Å². The van der Waals surface area contributed by atoms with Gasteiger partial charge in [0.25, 0.3) is 5.91 Å². The molecule has 0 spiro atoms. The summed E-state index contributed by atoms with van der Waals surface area (Å²) >= 11 is 0. The Morgan fingerprint density at radius 3 is 2.25 bits per heavy atom. The number of anilines is 1. The van der Waals surface area contributed by atoms with Crippen molar-refractivity contribution in [1.29, 1.82) is 0 Å². The zero-order chi connectivity index (χ0) is 25.8. The summed E-state index contributed by atoms with van der Waals surface area (Å²) in [6, 6.07) is 4.37. The highest BCUT2D eigenvalue weighted by Gasteiger charge is 2.39. The highest BCUT2D eigenvalue weighted by molar-refractivity contribution is 6.06. The number of ether oxygens (including phenoxy) is 4. The van der Waals surface area contributed by atoms with Crippen LogP contribution < -0.4 is 16.4 Å². The molecule has 4 amide bonds. The van der Waals surface area contributed by atoms with Crippen LogP contribution in [0.2, 0.25) is 0 Å². The van der Waals surface area contributed by atoms with Crippen molar-refractivity contribution in [3.05, 3.63) is 29.3 Å². The molecule has 0 radical (unpaired) electrons. The maximum absolute atomic E-state index is 12.9. The Balaban J connectivity index is 1.32. The number of piperidine rings is 1. The molecule has 2 heterocycles. The maximum Gasteiger partial charge on any atom is 0.255 e. The van der Waals surface area contributed by atoms with Crippen LogP contribution in [-0.2, 0) is 39.9 Å². The van der Waals surface area contributed by atoms with Crippen molar-refractivity contribution in [3.63, 3.8) is 0 Å². The van der Waals surface area contributed by atoms with Gasteiger partial charge in [-0.05, 0) is 18.6 Å². The van der Waals surface area contributed by atoms with E-state index in [0.29, 0.717) is 69.6 Å². The van der Waals surface area contributed by atoms with Gasteiger partial charge in [0.05, 0.1) is 59.3 Å². The van der Waals surface area contributed by atoms with Crippen molar-refractivity contribution >= 4 is 29.3 Å². The number of hydrogen-bond donors (Lipinski definition) is 3. The average Bonchev–Trinajstić information content (AvgIpc) is 3.19. The van der Waals surface area contributed by atoms with Crippen molar-refractivity contribution in [3.8, 4) is 0 Å². The number of fused-ring (bicyclic) bond motifs is 1. The lowest BCUT2D eigenvalue weighted by Crippen LogP contribution is -2.52. The first-order chi connectivity index (χ1) is 17.5. The summed E-state index contributed by atoms with van der Waals surface area (Å²) in [7, 11) is 0. The number of hydrogen-bond acceptors (Lipinski definition) is 9. The fourth-order valence-electron chi connectivity index (χ4n) is 3.93. The van der Waals surface area contributed by atoms with E-state index in [9.17, 15) is 19.2 Å². The van der Waals surface area contributed by atoms with Gasteiger partial charge in [-0.15, -0.1) is 0 Å². The van der Waals surface area contributed by atoms with Gasteiger partial charge in [-0.2, -0.15) is 0 Å². The molecule has 12 heteroatoms. The fraction of sp³-hybridized carbons (Fsp3) is 0.583. The van der Waals surface area contributed by atoms with Crippen molar-refractivity contribution in [2.75, 3.05) is 64.7 Å². The van der Waals surface area contributed by atoms with Crippen molar-refractivity contribution in [2.45, 2.75) is 31.8 Å². The number of rotatable bonds is 16. The summed E-state index contributed by atoms with van der Waals surface area (Å²) in [6.07, 6.45) is 0.606. The molecule has 1 atom stereocenters. The molecule has 1 unspecified atom stereocenters. The zero-order valence-corrected chi connectivity index (χ0v) is 20.3. The second-order valence-electron chi connectivity index (χ2n) is 8.27. The highest BCUT2D eigenvalue weighted by Crippen LogP contribution is 2.32. The van der Waals surface area contributed by atoms with Gasteiger partial charge in [0.2, 0.25) is 17.7 Å².